The highest BCUT2D eigenvalue weighted by Gasteiger charge is 2.50. The predicted molar refractivity (Wildman–Crippen MR) is 91.3 cm³/mol. The summed E-state index contributed by atoms with van der Waals surface area (Å²) in [5.41, 5.74) is -4.18. The molecule has 152 valence electrons. The fourth-order valence-corrected chi connectivity index (χ4v) is 3.70. The van der Waals surface area contributed by atoms with Gasteiger partial charge in [-0.05, 0) is 56.3 Å². The first kappa shape index (κ1) is 20.6. The fourth-order valence-electron chi connectivity index (χ4n) is 3.16. The lowest BCUT2D eigenvalue weighted by Gasteiger charge is -2.39. The van der Waals surface area contributed by atoms with Crippen LogP contribution in [0.5, 0.6) is 0 Å². The van der Waals surface area contributed by atoms with Crippen LogP contribution in [0.15, 0.2) is 35.2 Å². The van der Waals surface area contributed by atoms with Crippen LogP contribution in [0, 0.1) is 6.92 Å². The minimum absolute atomic E-state index is 0.0114. The summed E-state index contributed by atoms with van der Waals surface area (Å²) in [5, 5.41) is 4.16. The molecule has 0 saturated carbocycles. The summed E-state index contributed by atoms with van der Waals surface area (Å²) in [4.78, 5) is 13.4. The van der Waals surface area contributed by atoms with Gasteiger partial charge in [-0.2, -0.15) is 31.4 Å². The summed E-state index contributed by atoms with van der Waals surface area (Å²) >= 11 is -0.365. The number of fused-ring (bicyclic) bond motifs is 1. The lowest BCUT2D eigenvalue weighted by Crippen LogP contribution is -2.53. The van der Waals surface area contributed by atoms with Crippen LogP contribution >= 0.6 is 11.8 Å². The second-order valence-electron chi connectivity index (χ2n) is 6.48. The number of hydrogen-bond donors (Lipinski definition) is 0. The first-order valence-electron chi connectivity index (χ1n) is 8.19. The molecule has 2 heterocycles. The molecular weight excluding hydrogens is 408 g/mol. The van der Waals surface area contributed by atoms with E-state index in [0.29, 0.717) is 10.6 Å². The molecule has 0 unspecified atom stereocenters. The first-order chi connectivity index (χ1) is 12.9. The third kappa shape index (κ3) is 4.13. The number of hydrogen-bond acceptors (Lipinski definition) is 3. The van der Waals surface area contributed by atoms with Gasteiger partial charge in [-0.1, -0.05) is 0 Å². The minimum Gasteiger partial charge on any atom is -0.280 e. The zero-order chi connectivity index (χ0) is 20.9. The largest absolute Gasteiger partial charge is 0.446 e. The molecular formula is C17H15F6N3OS. The van der Waals surface area contributed by atoms with Crippen molar-refractivity contribution in [3.05, 3.63) is 41.6 Å². The number of anilines is 1. The van der Waals surface area contributed by atoms with Crippen molar-refractivity contribution >= 4 is 23.5 Å². The van der Waals surface area contributed by atoms with Gasteiger partial charge in [0, 0.05) is 16.5 Å². The van der Waals surface area contributed by atoms with Crippen LogP contribution in [0.3, 0.4) is 0 Å². The van der Waals surface area contributed by atoms with Gasteiger partial charge in [0.25, 0.3) is 5.91 Å². The number of benzene rings is 1. The van der Waals surface area contributed by atoms with Crippen molar-refractivity contribution in [2.45, 2.75) is 48.9 Å². The van der Waals surface area contributed by atoms with E-state index in [2.05, 4.69) is 5.10 Å². The van der Waals surface area contributed by atoms with Crippen LogP contribution in [-0.2, 0) is 0 Å². The molecule has 2 atom stereocenters. The highest BCUT2D eigenvalue weighted by Crippen LogP contribution is 2.41. The van der Waals surface area contributed by atoms with Crippen molar-refractivity contribution in [1.82, 2.24) is 9.78 Å². The topological polar surface area (TPSA) is 38.1 Å². The van der Waals surface area contributed by atoms with Crippen LogP contribution < -0.4 is 4.90 Å². The summed E-state index contributed by atoms with van der Waals surface area (Å²) in [5.74, 6) is -0.934. The Morgan fingerprint density at radius 2 is 1.75 bits per heavy atom. The molecule has 0 N–H and O–H groups in total. The van der Waals surface area contributed by atoms with Crippen LogP contribution in [0.2, 0.25) is 0 Å². The molecule has 0 radical (unpaired) electrons. The number of rotatable bonds is 2. The Morgan fingerprint density at radius 1 is 1.14 bits per heavy atom. The highest BCUT2D eigenvalue weighted by molar-refractivity contribution is 8.00. The van der Waals surface area contributed by atoms with Gasteiger partial charge < -0.3 is 0 Å². The third-order valence-corrected chi connectivity index (χ3v) is 5.05. The van der Waals surface area contributed by atoms with Crippen LogP contribution in [0.4, 0.5) is 32.2 Å². The molecule has 0 fully saturated rings. The van der Waals surface area contributed by atoms with Crippen molar-refractivity contribution in [2.24, 2.45) is 0 Å². The molecule has 0 saturated heterocycles. The molecule has 1 aromatic heterocycles. The second-order valence-corrected chi connectivity index (χ2v) is 7.62. The van der Waals surface area contributed by atoms with Crippen molar-refractivity contribution in [3.8, 4) is 0 Å². The van der Waals surface area contributed by atoms with E-state index in [9.17, 15) is 31.1 Å². The van der Waals surface area contributed by atoms with E-state index in [0.717, 1.165) is 24.3 Å². The number of nitrogens with zero attached hydrogens (tertiary/aromatic N) is 3. The summed E-state index contributed by atoms with van der Waals surface area (Å²) in [7, 11) is 0. The van der Waals surface area contributed by atoms with E-state index in [1.54, 1.807) is 13.8 Å². The number of carbonyl (C=O) groups excluding carboxylic acids is 1. The Balaban J connectivity index is 1.98. The van der Waals surface area contributed by atoms with Crippen LogP contribution in [-0.4, -0.2) is 33.4 Å². The molecule has 3 rings (SSSR count). The van der Waals surface area contributed by atoms with E-state index < -0.39 is 29.7 Å². The zero-order valence-corrected chi connectivity index (χ0v) is 15.5. The Morgan fingerprint density at radius 3 is 2.29 bits per heavy atom. The van der Waals surface area contributed by atoms with Crippen LogP contribution in [0.1, 0.15) is 35.4 Å². The highest BCUT2D eigenvalue weighted by atomic mass is 32.2. The molecule has 1 amide bonds. The van der Waals surface area contributed by atoms with Gasteiger partial charge >= 0.3 is 11.7 Å². The van der Waals surface area contributed by atoms with Gasteiger partial charge in [-0.3, -0.25) is 9.69 Å². The summed E-state index contributed by atoms with van der Waals surface area (Å²) in [6.07, 6.45) is -5.04. The van der Waals surface area contributed by atoms with Gasteiger partial charge in [0.05, 0.1) is 11.7 Å². The fraction of sp³-hybridized carbons (Fsp3) is 0.412. The number of amides is 1. The molecule has 0 aliphatic carbocycles. The van der Waals surface area contributed by atoms with E-state index in [1.807, 2.05) is 0 Å². The number of aryl methyl sites for hydroxylation is 1. The quantitative estimate of drug-likeness (QED) is 0.483. The Hall–Kier alpha value is -2.17. The smallest absolute Gasteiger partial charge is 0.280 e. The van der Waals surface area contributed by atoms with Crippen molar-refractivity contribution in [3.63, 3.8) is 0 Å². The van der Waals surface area contributed by atoms with Crippen molar-refractivity contribution in [1.29, 1.82) is 0 Å². The molecule has 2 aromatic rings. The van der Waals surface area contributed by atoms with E-state index in [1.165, 1.54) is 10.7 Å². The normalized spacial score (nSPS) is 20.2. The van der Waals surface area contributed by atoms with Gasteiger partial charge in [-0.15, -0.1) is 0 Å². The number of alkyl halides is 6. The molecule has 28 heavy (non-hydrogen) atoms. The lowest BCUT2D eigenvalue weighted by molar-refractivity contribution is -0.152. The maximum Gasteiger partial charge on any atom is 0.446 e. The molecule has 4 nitrogen and oxygen atoms in total. The first-order valence-corrected chi connectivity index (χ1v) is 9.00. The number of thioether (sulfide) groups is 1. The average Bonchev–Trinajstić information content (AvgIpc) is 2.94. The molecule has 1 aliphatic heterocycles. The molecule has 1 aliphatic rings. The summed E-state index contributed by atoms with van der Waals surface area (Å²) in [6, 6.07) is 3.07. The molecule has 0 spiro atoms. The van der Waals surface area contributed by atoms with E-state index >= 15 is 0 Å². The molecule has 11 heteroatoms. The molecule has 1 aromatic carbocycles. The zero-order valence-electron chi connectivity index (χ0n) is 14.7. The van der Waals surface area contributed by atoms with E-state index in [4.69, 9.17) is 0 Å². The Labute approximate surface area is 160 Å². The third-order valence-electron chi connectivity index (χ3n) is 4.31. The summed E-state index contributed by atoms with van der Waals surface area (Å²) in [6.45, 7) is 3.19. The summed E-state index contributed by atoms with van der Waals surface area (Å²) < 4.78 is 79.6. The van der Waals surface area contributed by atoms with Crippen LogP contribution in [0.25, 0.3) is 0 Å². The monoisotopic (exact) mass is 423 g/mol. The maximum atomic E-state index is 13.6. The number of halogens is 6. The maximum absolute atomic E-state index is 13.6. The van der Waals surface area contributed by atoms with Crippen molar-refractivity contribution in [2.75, 3.05) is 4.90 Å². The Kier molecular flexibility index (Phi) is 5.15. The van der Waals surface area contributed by atoms with Gasteiger partial charge in [-0.25, -0.2) is 4.68 Å². The van der Waals surface area contributed by atoms with Gasteiger partial charge in [0.15, 0.2) is 0 Å². The number of carbonyl (C=O) groups is 1. The molecule has 0 bridgehead atoms. The average molecular weight is 423 g/mol. The van der Waals surface area contributed by atoms with Crippen molar-refractivity contribution < 1.29 is 31.1 Å². The second kappa shape index (κ2) is 7.02. The lowest BCUT2D eigenvalue weighted by atomic mass is 10.0. The van der Waals surface area contributed by atoms with Gasteiger partial charge in [0.1, 0.15) is 11.9 Å². The Bertz CT molecular complexity index is 874. The van der Waals surface area contributed by atoms with E-state index in [-0.39, 0.29) is 34.5 Å². The van der Waals surface area contributed by atoms with Gasteiger partial charge in [0.2, 0.25) is 0 Å². The number of aromatic nitrogens is 2. The minimum atomic E-state index is -4.67. The predicted octanol–water partition coefficient (Wildman–Crippen LogP) is 5.35. The standard InChI is InChI=1S/C17H15F6N3OS/c1-9-7-14-25(13(16(18,19)20)8-10(2)26(14)24-9)15(27)11-3-5-12(6-4-11)28-17(21,22)23/h3-7,10,13H,8H2,1-2H3/t10-,13+/m0/s1. The SMILES string of the molecule is Cc1cc2n(n1)[C@@H](C)C[C@H](C(F)(F)F)N2C(=O)c1ccc(SC(F)(F)F)cc1.